The van der Waals surface area contributed by atoms with Crippen LogP contribution in [0.1, 0.15) is 37.9 Å². The van der Waals surface area contributed by atoms with Crippen molar-refractivity contribution in [2.75, 3.05) is 18.6 Å². The van der Waals surface area contributed by atoms with Gasteiger partial charge in [0.2, 0.25) is 0 Å². The first-order valence-electron chi connectivity index (χ1n) is 6.82. The van der Waals surface area contributed by atoms with Crippen molar-refractivity contribution < 1.29 is 9.84 Å². The Hall–Kier alpha value is -1.22. The molecule has 2 unspecified atom stereocenters. The molecule has 2 bridgehead atoms. The molecule has 0 radical (unpaired) electrons. The zero-order valence-corrected chi connectivity index (χ0v) is 11.1. The number of fused-ring (bicyclic) bond motifs is 2. The van der Waals surface area contributed by atoms with Gasteiger partial charge in [0, 0.05) is 23.8 Å². The van der Waals surface area contributed by atoms with Crippen molar-refractivity contribution in [1.82, 2.24) is 0 Å². The van der Waals surface area contributed by atoms with Gasteiger partial charge in [-0.3, -0.25) is 0 Å². The predicted molar refractivity (Wildman–Crippen MR) is 72.1 cm³/mol. The summed E-state index contributed by atoms with van der Waals surface area (Å²) in [5.41, 5.74) is 2.10. The number of methoxy groups -OCH3 is 1. The second-order valence-corrected chi connectivity index (χ2v) is 5.55. The summed E-state index contributed by atoms with van der Waals surface area (Å²) in [5, 5.41) is 10.0. The van der Waals surface area contributed by atoms with Gasteiger partial charge in [0.05, 0.1) is 13.2 Å². The molecule has 3 atom stereocenters. The third-order valence-corrected chi connectivity index (χ3v) is 4.40. The fraction of sp³-hybridized carbons (Fsp3) is 0.600. The van der Waals surface area contributed by atoms with Gasteiger partial charge in [0.15, 0.2) is 0 Å². The van der Waals surface area contributed by atoms with Gasteiger partial charge in [-0.05, 0) is 44.2 Å². The molecule has 2 fully saturated rings. The lowest BCUT2D eigenvalue weighted by Crippen LogP contribution is -2.32. The zero-order chi connectivity index (χ0) is 12.7. The van der Waals surface area contributed by atoms with Crippen LogP contribution in [0.25, 0.3) is 0 Å². The first-order chi connectivity index (χ1) is 8.70. The van der Waals surface area contributed by atoms with Crippen molar-refractivity contribution in [3.05, 3.63) is 23.8 Å². The minimum Gasteiger partial charge on any atom is -0.496 e. The van der Waals surface area contributed by atoms with E-state index >= 15 is 0 Å². The Labute approximate surface area is 108 Å². The van der Waals surface area contributed by atoms with Crippen LogP contribution in [-0.4, -0.2) is 24.8 Å². The van der Waals surface area contributed by atoms with Crippen LogP contribution < -0.4 is 9.64 Å². The van der Waals surface area contributed by atoms with Crippen molar-refractivity contribution in [3.63, 3.8) is 0 Å². The van der Waals surface area contributed by atoms with Crippen molar-refractivity contribution in [1.29, 1.82) is 0 Å². The van der Waals surface area contributed by atoms with Crippen LogP contribution in [0, 0.1) is 5.92 Å². The van der Waals surface area contributed by atoms with Gasteiger partial charge in [-0.2, -0.15) is 0 Å². The molecular weight excluding hydrogens is 226 g/mol. The van der Waals surface area contributed by atoms with Gasteiger partial charge < -0.3 is 14.7 Å². The molecule has 3 rings (SSSR count). The number of nitrogens with zero attached hydrogens (tertiary/aromatic N) is 1. The number of hydrogen-bond donors (Lipinski definition) is 1. The summed E-state index contributed by atoms with van der Waals surface area (Å²) in [7, 11) is 1.67. The molecule has 3 nitrogen and oxygen atoms in total. The highest BCUT2D eigenvalue weighted by molar-refractivity contribution is 5.62. The van der Waals surface area contributed by atoms with E-state index in [9.17, 15) is 5.11 Å². The molecule has 2 aliphatic rings. The lowest BCUT2D eigenvalue weighted by molar-refractivity contribution is 0.194. The number of aliphatic hydroxyl groups is 1. The lowest BCUT2D eigenvalue weighted by Gasteiger charge is -2.32. The molecule has 1 aliphatic heterocycles. The van der Waals surface area contributed by atoms with Gasteiger partial charge in [-0.25, -0.2) is 0 Å². The maximum atomic E-state index is 10.0. The highest BCUT2D eigenvalue weighted by Crippen LogP contribution is 2.44. The number of piperidine rings is 1. The molecule has 1 saturated carbocycles. The van der Waals surface area contributed by atoms with Crippen molar-refractivity contribution >= 4 is 5.69 Å². The van der Waals surface area contributed by atoms with E-state index in [1.165, 1.54) is 19.3 Å². The average molecular weight is 247 g/mol. The Morgan fingerprint density at radius 2 is 2.22 bits per heavy atom. The van der Waals surface area contributed by atoms with E-state index in [2.05, 4.69) is 11.0 Å². The molecule has 1 saturated heterocycles. The lowest BCUT2D eigenvalue weighted by atomic mass is 10.0. The largest absolute Gasteiger partial charge is 0.496 e. The molecule has 1 N–H and O–H groups in total. The highest BCUT2D eigenvalue weighted by Gasteiger charge is 2.39. The standard InChI is InChI=1S/C15H21NO2/c1-10(17)15-13(4-3-5-14(15)18-2)16-9-11-6-7-12(16)8-11/h3-5,10-12,17H,6-9H2,1-2H3/t10-,11?,12?/m1/s1. The molecule has 0 aromatic heterocycles. The Balaban J connectivity index is 2.01. The highest BCUT2D eigenvalue weighted by atomic mass is 16.5. The normalized spacial score (nSPS) is 27.6. The Morgan fingerprint density at radius 1 is 1.39 bits per heavy atom. The van der Waals surface area contributed by atoms with Crippen LogP contribution in [0.3, 0.4) is 0 Å². The molecule has 1 aromatic rings. The maximum Gasteiger partial charge on any atom is 0.126 e. The summed E-state index contributed by atoms with van der Waals surface area (Å²) in [6.45, 7) is 2.95. The third-order valence-electron chi connectivity index (χ3n) is 4.40. The van der Waals surface area contributed by atoms with E-state index in [-0.39, 0.29) is 0 Å². The Bertz CT molecular complexity index is 444. The van der Waals surface area contributed by atoms with E-state index in [0.29, 0.717) is 6.04 Å². The van der Waals surface area contributed by atoms with Crippen molar-refractivity contribution in [3.8, 4) is 5.75 Å². The second kappa shape index (κ2) is 4.47. The molecule has 18 heavy (non-hydrogen) atoms. The molecule has 1 aromatic carbocycles. The van der Waals surface area contributed by atoms with Crippen LogP contribution >= 0.6 is 0 Å². The maximum absolute atomic E-state index is 10.0. The number of benzene rings is 1. The Morgan fingerprint density at radius 3 is 2.78 bits per heavy atom. The summed E-state index contributed by atoms with van der Waals surface area (Å²) < 4.78 is 5.40. The summed E-state index contributed by atoms with van der Waals surface area (Å²) in [6.07, 6.45) is 3.49. The second-order valence-electron chi connectivity index (χ2n) is 5.55. The minimum atomic E-state index is -0.490. The van der Waals surface area contributed by atoms with Gasteiger partial charge in [0.25, 0.3) is 0 Å². The fourth-order valence-electron chi connectivity index (χ4n) is 3.60. The van der Waals surface area contributed by atoms with Crippen LogP contribution in [0.5, 0.6) is 5.75 Å². The quantitative estimate of drug-likeness (QED) is 0.891. The summed E-state index contributed by atoms with van der Waals surface area (Å²) in [4.78, 5) is 2.47. The number of hydrogen-bond acceptors (Lipinski definition) is 3. The molecule has 3 heteroatoms. The van der Waals surface area contributed by atoms with Crippen molar-refractivity contribution in [2.24, 2.45) is 5.92 Å². The Kier molecular flexibility index (Phi) is 2.94. The van der Waals surface area contributed by atoms with Gasteiger partial charge in [-0.15, -0.1) is 0 Å². The van der Waals surface area contributed by atoms with Crippen LogP contribution in [-0.2, 0) is 0 Å². The summed E-state index contributed by atoms with van der Waals surface area (Å²) in [5.74, 6) is 1.65. The van der Waals surface area contributed by atoms with Gasteiger partial charge in [-0.1, -0.05) is 6.07 Å². The summed E-state index contributed by atoms with van der Waals surface area (Å²) in [6, 6.07) is 6.73. The topological polar surface area (TPSA) is 32.7 Å². The smallest absolute Gasteiger partial charge is 0.126 e. The molecule has 98 valence electrons. The molecule has 0 spiro atoms. The van der Waals surface area contributed by atoms with E-state index in [0.717, 1.165) is 29.5 Å². The van der Waals surface area contributed by atoms with E-state index in [4.69, 9.17) is 4.74 Å². The van der Waals surface area contributed by atoms with Crippen LogP contribution in [0.4, 0.5) is 5.69 Å². The van der Waals surface area contributed by atoms with E-state index in [1.54, 1.807) is 7.11 Å². The fourth-order valence-corrected chi connectivity index (χ4v) is 3.60. The first kappa shape index (κ1) is 11.8. The van der Waals surface area contributed by atoms with Gasteiger partial charge in [0.1, 0.15) is 5.75 Å². The van der Waals surface area contributed by atoms with Crippen molar-refractivity contribution in [2.45, 2.75) is 38.3 Å². The number of rotatable bonds is 3. The molecule has 1 heterocycles. The number of aliphatic hydroxyl groups excluding tert-OH is 1. The minimum absolute atomic E-state index is 0.490. The van der Waals surface area contributed by atoms with Crippen LogP contribution in [0.15, 0.2) is 18.2 Å². The van der Waals surface area contributed by atoms with Crippen LogP contribution in [0.2, 0.25) is 0 Å². The van der Waals surface area contributed by atoms with E-state index in [1.807, 2.05) is 19.1 Å². The molecule has 1 aliphatic carbocycles. The molecular formula is C15H21NO2. The van der Waals surface area contributed by atoms with E-state index < -0.39 is 6.10 Å². The SMILES string of the molecule is COc1cccc(N2CC3CCC2C3)c1[C@@H](C)O. The average Bonchev–Trinajstić information content (AvgIpc) is 2.99. The number of anilines is 1. The monoisotopic (exact) mass is 247 g/mol. The summed E-state index contributed by atoms with van der Waals surface area (Å²) >= 11 is 0. The van der Waals surface area contributed by atoms with Gasteiger partial charge >= 0.3 is 0 Å². The third kappa shape index (κ3) is 1.77. The number of ether oxygens (including phenoxy) is 1. The zero-order valence-electron chi connectivity index (χ0n) is 11.1. The molecule has 0 amide bonds. The first-order valence-corrected chi connectivity index (χ1v) is 6.82. The predicted octanol–water partition coefficient (Wildman–Crippen LogP) is 2.74.